The Kier molecular flexibility index (Phi) is 5.02. The van der Waals surface area contributed by atoms with Gasteiger partial charge in [-0.15, -0.1) is 0 Å². The minimum absolute atomic E-state index is 0.340. The van der Waals surface area contributed by atoms with E-state index in [2.05, 4.69) is 67.8 Å². The van der Waals surface area contributed by atoms with Crippen LogP contribution in [-0.4, -0.2) is 33.0 Å². The smallest absolute Gasteiger partial charge is 0.124 e. The average Bonchev–Trinajstić information content (AvgIpc) is 3.72. The molecule has 8 rings (SSSR count). The number of nitrogens with one attached hydrogen (secondary N) is 4. The molecule has 2 saturated heterocycles. The van der Waals surface area contributed by atoms with Crippen LogP contribution in [0.3, 0.4) is 0 Å². The van der Waals surface area contributed by atoms with Crippen LogP contribution in [0.4, 0.5) is 0 Å². The Bertz CT molecular complexity index is 1550. The van der Waals surface area contributed by atoms with Crippen molar-refractivity contribution in [2.24, 2.45) is 5.92 Å². The summed E-state index contributed by atoms with van der Waals surface area (Å²) in [5, 5.41) is 7.07. The van der Waals surface area contributed by atoms with Gasteiger partial charge in [0.05, 0.1) is 29.3 Å². The van der Waals surface area contributed by atoms with Crippen molar-refractivity contribution >= 4 is 11.0 Å². The van der Waals surface area contributed by atoms with Crippen molar-refractivity contribution in [1.29, 1.82) is 0 Å². The second-order valence-electron chi connectivity index (χ2n) is 11.3. The SMILES string of the molecule is C(#Cc1ccc(-c2ccc3nc([C@@H]4CCCN4)[nH]c3c2)c2c1C1CCC1C2)c1cnc([C@@H]2CCCN2)[nH]1. The summed E-state index contributed by atoms with van der Waals surface area (Å²) in [7, 11) is 0. The van der Waals surface area contributed by atoms with Crippen LogP contribution in [0.5, 0.6) is 0 Å². The van der Waals surface area contributed by atoms with Gasteiger partial charge in [-0.1, -0.05) is 18.1 Å². The summed E-state index contributed by atoms with van der Waals surface area (Å²) in [5.74, 6) is 10.4. The van der Waals surface area contributed by atoms with Crippen LogP contribution in [-0.2, 0) is 6.42 Å². The molecule has 6 heteroatoms. The lowest BCUT2D eigenvalue weighted by Crippen LogP contribution is -2.19. The molecule has 4 aliphatic rings. The largest absolute Gasteiger partial charge is 0.341 e. The lowest BCUT2D eigenvalue weighted by Gasteiger charge is -2.31. The Balaban J connectivity index is 1.14. The van der Waals surface area contributed by atoms with E-state index in [0.717, 1.165) is 60.2 Å². The third-order valence-electron chi connectivity index (χ3n) is 9.13. The van der Waals surface area contributed by atoms with Crippen molar-refractivity contribution in [3.05, 3.63) is 70.6 Å². The topological polar surface area (TPSA) is 81.4 Å². The van der Waals surface area contributed by atoms with Gasteiger partial charge in [0, 0.05) is 5.56 Å². The van der Waals surface area contributed by atoms with Crippen molar-refractivity contribution in [3.8, 4) is 23.0 Å². The van der Waals surface area contributed by atoms with E-state index in [1.807, 2.05) is 6.20 Å². The van der Waals surface area contributed by atoms with Crippen LogP contribution in [0.2, 0.25) is 0 Å². The predicted molar refractivity (Wildman–Crippen MR) is 145 cm³/mol. The number of hydrogen-bond acceptors (Lipinski definition) is 4. The minimum atomic E-state index is 0.340. The molecule has 1 saturated carbocycles. The van der Waals surface area contributed by atoms with E-state index in [9.17, 15) is 0 Å². The Hall–Kier alpha value is -3.40. The quantitative estimate of drug-likeness (QED) is 0.297. The highest BCUT2D eigenvalue weighted by Crippen LogP contribution is 2.54. The van der Waals surface area contributed by atoms with E-state index in [1.54, 1.807) is 0 Å². The van der Waals surface area contributed by atoms with Gasteiger partial charge in [-0.2, -0.15) is 0 Å². The summed E-state index contributed by atoms with van der Waals surface area (Å²) >= 11 is 0. The minimum Gasteiger partial charge on any atom is -0.341 e. The number of rotatable bonds is 3. The Morgan fingerprint density at radius 3 is 2.49 bits per heavy atom. The second-order valence-corrected chi connectivity index (χ2v) is 11.3. The van der Waals surface area contributed by atoms with Crippen molar-refractivity contribution in [2.45, 2.75) is 62.9 Å². The highest BCUT2D eigenvalue weighted by atomic mass is 15.0. The van der Waals surface area contributed by atoms with Gasteiger partial charge in [0.25, 0.3) is 0 Å². The number of imidazole rings is 2. The molecule has 2 aromatic carbocycles. The van der Waals surface area contributed by atoms with E-state index < -0.39 is 0 Å². The Labute approximate surface area is 217 Å². The van der Waals surface area contributed by atoms with Gasteiger partial charge in [0.2, 0.25) is 0 Å². The van der Waals surface area contributed by atoms with Crippen molar-refractivity contribution in [2.75, 3.05) is 13.1 Å². The zero-order valence-electron chi connectivity index (χ0n) is 21.0. The van der Waals surface area contributed by atoms with E-state index in [0.29, 0.717) is 18.0 Å². The van der Waals surface area contributed by atoms with Gasteiger partial charge in [-0.05, 0) is 116 Å². The molecule has 2 aromatic heterocycles. The van der Waals surface area contributed by atoms with E-state index in [-0.39, 0.29) is 0 Å². The summed E-state index contributed by atoms with van der Waals surface area (Å²) < 4.78 is 0. The molecule has 0 bridgehead atoms. The summed E-state index contributed by atoms with van der Waals surface area (Å²) in [4.78, 5) is 16.5. The fourth-order valence-electron chi connectivity index (χ4n) is 7.05. The molecule has 4 N–H and O–H groups in total. The van der Waals surface area contributed by atoms with Gasteiger partial charge in [-0.3, -0.25) is 0 Å². The number of aromatic nitrogens is 4. The molecular formula is C31H32N6. The maximum atomic E-state index is 4.88. The molecule has 3 fully saturated rings. The standard InChI is InChI=1S/C31H32N6/c1-3-26(32-13-1)30-34-17-21(35-30)9-5-18-6-10-22(24-15-19-7-11-23(19)29(18)24)20-8-12-25-28(16-20)37-31(36-25)27-4-2-14-33-27/h6,8,10,12,16-17,19,23,26-27,32-33H,1-4,7,11,13-15H2,(H,34,35)(H,36,37)/t19?,23?,26-,27-/m0/s1. The summed E-state index contributed by atoms with van der Waals surface area (Å²) in [5.41, 5.74) is 9.94. The first-order valence-corrected chi connectivity index (χ1v) is 14.0. The number of fused-ring (bicyclic) bond motifs is 4. The highest BCUT2D eigenvalue weighted by molar-refractivity contribution is 5.84. The summed E-state index contributed by atoms with van der Waals surface area (Å²) in [6, 6.07) is 12.0. The summed E-state index contributed by atoms with van der Waals surface area (Å²) in [6.45, 7) is 2.15. The van der Waals surface area contributed by atoms with Crippen molar-refractivity contribution in [3.63, 3.8) is 0 Å². The Morgan fingerprint density at radius 1 is 0.838 bits per heavy atom. The van der Waals surface area contributed by atoms with E-state index in [1.165, 1.54) is 59.9 Å². The molecule has 4 atom stereocenters. The molecule has 4 heterocycles. The van der Waals surface area contributed by atoms with Crippen LogP contribution < -0.4 is 10.6 Å². The number of nitrogens with zero attached hydrogens (tertiary/aromatic N) is 2. The molecule has 6 nitrogen and oxygen atoms in total. The first-order valence-electron chi connectivity index (χ1n) is 14.0. The van der Waals surface area contributed by atoms with Crippen LogP contribution in [0.25, 0.3) is 22.2 Å². The molecule has 0 spiro atoms. The van der Waals surface area contributed by atoms with Gasteiger partial charge in [-0.25, -0.2) is 9.97 Å². The normalized spacial score (nSPS) is 26.1. The summed E-state index contributed by atoms with van der Waals surface area (Å²) in [6.07, 6.45) is 10.4. The average molecular weight is 489 g/mol. The number of hydrogen-bond donors (Lipinski definition) is 4. The highest BCUT2D eigenvalue weighted by Gasteiger charge is 2.41. The predicted octanol–water partition coefficient (Wildman–Crippen LogP) is 5.25. The fourth-order valence-corrected chi connectivity index (χ4v) is 7.05. The first kappa shape index (κ1) is 21.7. The van der Waals surface area contributed by atoms with Gasteiger partial charge < -0.3 is 20.6 Å². The lowest BCUT2D eigenvalue weighted by atomic mass is 9.73. The van der Waals surface area contributed by atoms with Gasteiger partial charge in [0.1, 0.15) is 17.3 Å². The zero-order chi connectivity index (χ0) is 24.3. The Morgan fingerprint density at radius 2 is 1.70 bits per heavy atom. The molecule has 37 heavy (non-hydrogen) atoms. The third kappa shape index (κ3) is 3.64. The maximum Gasteiger partial charge on any atom is 0.124 e. The van der Waals surface area contributed by atoms with Crippen LogP contribution in [0, 0.1) is 17.8 Å². The number of H-pyrrole nitrogens is 2. The monoisotopic (exact) mass is 488 g/mol. The van der Waals surface area contributed by atoms with Crippen molar-refractivity contribution < 1.29 is 0 Å². The molecule has 186 valence electrons. The van der Waals surface area contributed by atoms with Crippen LogP contribution in [0.15, 0.2) is 36.5 Å². The van der Waals surface area contributed by atoms with Crippen molar-refractivity contribution in [1.82, 2.24) is 30.6 Å². The molecule has 0 radical (unpaired) electrons. The molecule has 2 aliphatic carbocycles. The molecule has 2 unspecified atom stereocenters. The lowest BCUT2D eigenvalue weighted by molar-refractivity contribution is 0.280. The number of aromatic amines is 2. The van der Waals surface area contributed by atoms with E-state index in [4.69, 9.17) is 4.98 Å². The van der Waals surface area contributed by atoms with Gasteiger partial charge in [0.15, 0.2) is 0 Å². The zero-order valence-corrected chi connectivity index (χ0v) is 21.0. The van der Waals surface area contributed by atoms with Crippen LogP contribution in [0.1, 0.15) is 90.6 Å². The molecule has 2 aliphatic heterocycles. The van der Waals surface area contributed by atoms with Gasteiger partial charge >= 0.3 is 0 Å². The molecule has 0 amide bonds. The third-order valence-corrected chi connectivity index (χ3v) is 9.13. The first-order chi connectivity index (χ1) is 18.3. The molecule has 4 aromatic rings. The maximum absolute atomic E-state index is 4.88. The second kappa shape index (κ2) is 8.58. The fraction of sp³-hybridized carbons (Fsp3) is 0.419. The van der Waals surface area contributed by atoms with E-state index >= 15 is 0 Å². The molecular weight excluding hydrogens is 456 g/mol. The van der Waals surface area contributed by atoms with Crippen LogP contribution >= 0.6 is 0 Å². The number of benzene rings is 2.